The molecule has 1 atom stereocenters. The molecule has 2 aromatic rings. The van der Waals surface area contributed by atoms with E-state index in [2.05, 4.69) is 10.4 Å². The number of aliphatic hydroxyl groups excluding tert-OH is 1. The fourth-order valence-electron chi connectivity index (χ4n) is 2.97. The third kappa shape index (κ3) is 3.95. The van der Waals surface area contributed by atoms with Gasteiger partial charge in [-0.05, 0) is 31.0 Å². The van der Waals surface area contributed by atoms with E-state index in [1.54, 1.807) is 29.2 Å². The van der Waals surface area contributed by atoms with Crippen molar-refractivity contribution in [2.75, 3.05) is 26.2 Å². The molecular weight excluding hydrogens is 328 g/mol. The van der Waals surface area contributed by atoms with Gasteiger partial charge >= 0.3 is 0 Å². The van der Waals surface area contributed by atoms with E-state index in [1.165, 1.54) is 0 Å². The topological polar surface area (TPSA) is 70.4 Å². The summed E-state index contributed by atoms with van der Waals surface area (Å²) >= 11 is 6.00. The Morgan fingerprint density at radius 3 is 3.12 bits per heavy atom. The molecule has 1 unspecified atom stereocenters. The number of benzene rings is 1. The normalized spacial score (nSPS) is 17.9. The Morgan fingerprint density at radius 2 is 2.33 bits per heavy atom. The molecule has 24 heavy (non-hydrogen) atoms. The first-order chi connectivity index (χ1) is 11.7. The molecule has 7 heteroatoms. The second kappa shape index (κ2) is 7.79. The van der Waals surface area contributed by atoms with Crippen molar-refractivity contribution in [1.82, 2.24) is 20.0 Å². The van der Waals surface area contributed by atoms with E-state index in [4.69, 9.17) is 16.7 Å². The monoisotopic (exact) mass is 348 g/mol. The Morgan fingerprint density at radius 1 is 1.46 bits per heavy atom. The fraction of sp³-hybridized carbons (Fsp3) is 0.412. The van der Waals surface area contributed by atoms with Crippen LogP contribution in [0, 0.1) is 0 Å². The predicted octanol–water partition coefficient (Wildman–Crippen LogP) is 1.71. The first-order valence-corrected chi connectivity index (χ1v) is 8.49. The Kier molecular flexibility index (Phi) is 5.50. The Bertz CT molecular complexity index is 703. The number of halogens is 1. The molecule has 0 saturated carbocycles. The highest BCUT2D eigenvalue weighted by Gasteiger charge is 2.25. The first kappa shape index (κ1) is 17.0. The highest BCUT2D eigenvalue weighted by Crippen LogP contribution is 2.17. The van der Waals surface area contributed by atoms with E-state index >= 15 is 0 Å². The van der Waals surface area contributed by atoms with Gasteiger partial charge in [-0.2, -0.15) is 5.10 Å². The van der Waals surface area contributed by atoms with E-state index in [0.717, 1.165) is 25.1 Å². The van der Waals surface area contributed by atoms with Gasteiger partial charge in [0.15, 0.2) is 0 Å². The van der Waals surface area contributed by atoms with Crippen molar-refractivity contribution in [2.24, 2.45) is 0 Å². The number of carbonyl (C=O) groups is 1. The van der Waals surface area contributed by atoms with E-state index < -0.39 is 0 Å². The number of nitrogens with zero attached hydrogens (tertiary/aromatic N) is 3. The summed E-state index contributed by atoms with van der Waals surface area (Å²) in [7, 11) is 0. The van der Waals surface area contributed by atoms with Crippen LogP contribution in [0.25, 0.3) is 5.69 Å². The van der Waals surface area contributed by atoms with Crippen molar-refractivity contribution < 1.29 is 9.90 Å². The fourth-order valence-corrected chi connectivity index (χ4v) is 3.16. The second-order valence-electron chi connectivity index (χ2n) is 5.92. The Hall–Kier alpha value is -1.89. The molecule has 1 aliphatic heterocycles. The number of piperidine rings is 1. The Balaban J connectivity index is 1.69. The lowest BCUT2D eigenvalue weighted by atomic mass is 10.1. The average molecular weight is 349 g/mol. The molecule has 0 radical (unpaired) electrons. The number of hydrogen-bond acceptors (Lipinski definition) is 4. The lowest BCUT2D eigenvalue weighted by Crippen LogP contribution is -2.48. The van der Waals surface area contributed by atoms with E-state index in [1.807, 2.05) is 17.0 Å². The maximum absolute atomic E-state index is 12.7. The van der Waals surface area contributed by atoms with Crippen LogP contribution >= 0.6 is 11.6 Å². The molecule has 1 saturated heterocycles. The van der Waals surface area contributed by atoms with Gasteiger partial charge in [0.2, 0.25) is 0 Å². The van der Waals surface area contributed by atoms with Crippen LogP contribution in [0.2, 0.25) is 5.02 Å². The maximum atomic E-state index is 12.7. The molecule has 0 bridgehead atoms. The van der Waals surface area contributed by atoms with Gasteiger partial charge in [-0.1, -0.05) is 17.7 Å². The summed E-state index contributed by atoms with van der Waals surface area (Å²) in [6, 6.07) is 7.58. The summed E-state index contributed by atoms with van der Waals surface area (Å²) in [5.41, 5.74) is 1.39. The van der Waals surface area contributed by atoms with Crippen molar-refractivity contribution >= 4 is 17.5 Å². The molecule has 3 rings (SSSR count). The maximum Gasteiger partial charge on any atom is 0.257 e. The number of aliphatic hydroxyl groups is 1. The number of rotatable bonds is 5. The first-order valence-electron chi connectivity index (χ1n) is 8.11. The minimum Gasteiger partial charge on any atom is -0.395 e. The molecule has 2 heterocycles. The van der Waals surface area contributed by atoms with Crippen molar-refractivity contribution in [3.8, 4) is 5.69 Å². The van der Waals surface area contributed by atoms with Gasteiger partial charge in [-0.25, -0.2) is 4.68 Å². The van der Waals surface area contributed by atoms with Gasteiger partial charge in [-0.15, -0.1) is 0 Å². The number of carbonyl (C=O) groups excluding carboxylic acids is 1. The average Bonchev–Trinajstić information content (AvgIpc) is 3.09. The van der Waals surface area contributed by atoms with Crippen molar-refractivity contribution in [2.45, 2.75) is 18.9 Å². The number of aromatic nitrogens is 2. The summed E-state index contributed by atoms with van der Waals surface area (Å²) in [5, 5.41) is 17.1. The number of likely N-dealkylation sites (tertiary alicyclic amines) is 1. The predicted molar refractivity (Wildman–Crippen MR) is 92.6 cm³/mol. The van der Waals surface area contributed by atoms with Crippen molar-refractivity contribution in [3.63, 3.8) is 0 Å². The molecule has 0 spiro atoms. The summed E-state index contributed by atoms with van der Waals surface area (Å²) in [4.78, 5) is 14.5. The van der Waals surface area contributed by atoms with Crippen LogP contribution in [0.15, 0.2) is 36.7 Å². The number of amides is 1. The smallest absolute Gasteiger partial charge is 0.257 e. The van der Waals surface area contributed by atoms with Crippen LogP contribution in [-0.4, -0.2) is 58.0 Å². The van der Waals surface area contributed by atoms with Crippen LogP contribution in [0.3, 0.4) is 0 Å². The van der Waals surface area contributed by atoms with Crippen LogP contribution < -0.4 is 5.32 Å². The van der Waals surface area contributed by atoms with Gasteiger partial charge in [0.25, 0.3) is 5.91 Å². The molecule has 0 aliphatic carbocycles. The third-order valence-electron chi connectivity index (χ3n) is 4.16. The lowest BCUT2D eigenvalue weighted by Gasteiger charge is -2.33. The van der Waals surface area contributed by atoms with Gasteiger partial charge < -0.3 is 15.3 Å². The van der Waals surface area contributed by atoms with Crippen molar-refractivity contribution in [3.05, 3.63) is 47.2 Å². The summed E-state index contributed by atoms with van der Waals surface area (Å²) < 4.78 is 1.66. The number of nitrogens with one attached hydrogen (secondary N) is 1. The minimum atomic E-state index is -0.0150. The molecule has 6 nitrogen and oxygen atoms in total. The molecule has 1 fully saturated rings. The molecule has 2 N–H and O–H groups in total. The van der Waals surface area contributed by atoms with E-state index in [9.17, 15) is 4.79 Å². The SMILES string of the molecule is O=C(c1cnn(-c2cccc(Cl)c2)c1)N1CCCC(NCCO)C1. The Labute approximate surface area is 146 Å². The zero-order valence-electron chi connectivity index (χ0n) is 13.4. The van der Waals surface area contributed by atoms with E-state index in [0.29, 0.717) is 23.7 Å². The van der Waals surface area contributed by atoms with Crippen LogP contribution in [-0.2, 0) is 0 Å². The summed E-state index contributed by atoms with van der Waals surface area (Å²) in [6.45, 7) is 2.07. The molecule has 1 amide bonds. The lowest BCUT2D eigenvalue weighted by molar-refractivity contribution is 0.0693. The molecule has 1 aliphatic rings. The second-order valence-corrected chi connectivity index (χ2v) is 6.36. The third-order valence-corrected chi connectivity index (χ3v) is 4.39. The molecule has 1 aromatic carbocycles. The molecule has 128 valence electrons. The van der Waals surface area contributed by atoms with Gasteiger partial charge in [0, 0.05) is 36.9 Å². The quantitative estimate of drug-likeness (QED) is 0.863. The molecular formula is C17H21ClN4O2. The zero-order valence-corrected chi connectivity index (χ0v) is 14.1. The minimum absolute atomic E-state index is 0.0150. The summed E-state index contributed by atoms with van der Waals surface area (Å²) in [6.07, 6.45) is 5.30. The standard InChI is InChI=1S/C17H21ClN4O2/c18-14-3-1-5-16(9-14)22-11-13(10-20-22)17(24)21-7-2-4-15(12-21)19-6-8-23/h1,3,5,9-11,15,19,23H,2,4,6-8,12H2. The van der Waals surface area contributed by atoms with Crippen molar-refractivity contribution in [1.29, 1.82) is 0 Å². The highest BCUT2D eigenvalue weighted by molar-refractivity contribution is 6.30. The van der Waals surface area contributed by atoms with Gasteiger partial charge in [0.1, 0.15) is 0 Å². The highest BCUT2D eigenvalue weighted by atomic mass is 35.5. The van der Waals surface area contributed by atoms with Crippen LogP contribution in [0.4, 0.5) is 0 Å². The van der Waals surface area contributed by atoms with Crippen LogP contribution in [0.5, 0.6) is 0 Å². The largest absolute Gasteiger partial charge is 0.395 e. The molecule has 1 aromatic heterocycles. The van der Waals surface area contributed by atoms with Gasteiger partial charge in [0.05, 0.1) is 24.1 Å². The summed E-state index contributed by atoms with van der Waals surface area (Å²) in [5.74, 6) is -0.0150. The van der Waals surface area contributed by atoms with Crippen LogP contribution in [0.1, 0.15) is 23.2 Å². The van der Waals surface area contributed by atoms with E-state index in [-0.39, 0.29) is 18.6 Å². The zero-order chi connectivity index (χ0) is 16.9. The van der Waals surface area contributed by atoms with Gasteiger partial charge in [-0.3, -0.25) is 4.79 Å². The number of hydrogen-bond donors (Lipinski definition) is 2.